The van der Waals surface area contributed by atoms with E-state index in [1.165, 1.54) is 6.07 Å². The summed E-state index contributed by atoms with van der Waals surface area (Å²) in [4.78, 5) is 26.0. The molecule has 130 valence electrons. The van der Waals surface area contributed by atoms with Crippen molar-refractivity contribution in [3.63, 3.8) is 0 Å². The molecule has 5 nitrogen and oxygen atoms in total. The number of aryl methyl sites for hydroxylation is 2. The van der Waals surface area contributed by atoms with Gasteiger partial charge in [0.1, 0.15) is 5.58 Å². The highest BCUT2D eigenvalue weighted by Crippen LogP contribution is 2.24. The molecule has 0 aliphatic heterocycles. The van der Waals surface area contributed by atoms with Gasteiger partial charge in [0.15, 0.2) is 0 Å². The van der Waals surface area contributed by atoms with Crippen LogP contribution in [0, 0.1) is 13.8 Å². The third-order valence-electron chi connectivity index (χ3n) is 4.18. The van der Waals surface area contributed by atoms with Crippen molar-refractivity contribution in [2.75, 3.05) is 13.1 Å². The maximum atomic E-state index is 12.0. The molecule has 0 spiro atoms. The van der Waals surface area contributed by atoms with Gasteiger partial charge in [-0.2, -0.15) is 0 Å². The maximum Gasteiger partial charge on any atom is 0.336 e. The molecule has 0 unspecified atom stereocenters. The zero-order valence-electron chi connectivity index (χ0n) is 15.1. The third kappa shape index (κ3) is 4.23. The molecule has 1 aromatic heterocycles. The van der Waals surface area contributed by atoms with Crippen LogP contribution in [0.5, 0.6) is 0 Å². The fraction of sp³-hybridized carbons (Fsp3) is 0.474. The van der Waals surface area contributed by atoms with Crippen LogP contribution >= 0.6 is 0 Å². The monoisotopic (exact) mass is 330 g/mol. The van der Waals surface area contributed by atoms with E-state index in [0.29, 0.717) is 18.7 Å². The number of amides is 1. The number of likely N-dealkylation sites (N-methyl/N-ethyl adjacent to an activating group) is 1. The first-order valence-corrected chi connectivity index (χ1v) is 8.36. The average molecular weight is 330 g/mol. The molecule has 0 bridgehead atoms. The third-order valence-corrected chi connectivity index (χ3v) is 4.18. The molecule has 0 aliphatic rings. The summed E-state index contributed by atoms with van der Waals surface area (Å²) in [6, 6.07) is 5.66. The van der Waals surface area contributed by atoms with Gasteiger partial charge in [-0.3, -0.25) is 9.69 Å². The van der Waals surface area contributed by atoms with Crippen LogP contribution < -0.4 is 10.9 Å². The molecule has 1 aromatic carbocycles. The second kappa shape index (κ2) is 7.62. The van der Waals surface area contributed by atoms with Crippen molar-refractivity contribution >= 4 is 16.9 Å². The Hall–Kier alpha value is -2.14. The summed E-state index contributed by atoms with van der Waals surface area (Å²) in [5.74, 6) is -0.00820. The fourth-order valence-electron chi connectivity index (χ4n) is 2.75. The molecule has 0 saturated carbocycles. The highest BCUT2D eigenvalue weighted by molar-refractivity contribution is 5.84. The Bertz CT molecular complexity index is 793. The number of hydrogen-bond acceptors (Lipinski definition) is 4. The van der Waals surface area contributed by atoms with E-state index < -0.39 is 0 Å². The average Bonchev–Trinajstić information content (AvgIpc) is 2.49. The minimum Gasteiger partial charge on any atom is -0.422 e. The number of nitrogens with one attached hydrogen (secondary N) is 1. The summed E-state index contributed by atoms with van der Waals surface area (Å²) in [5.41, 5.74) is 3.25. The van der Waals surface area contributed by atoms with E-state index in [4.69, 9.17) is 4.42 Å². The van der Waals surface area contributed by atoms with E-state index in [1.54, 1.807) is 0 Å². The molecule has 2 rings (SSSR count). The molecular weight excluding hydrogens is 304 g/mol. The minimum atomic E-state index is -0.353. The first-order chi connectivity index (χ1) is 11.3. The van der Waals surface area contributed by atoms with Crippen LogP contribution in [0.25, 0.3) is 11.0 Å². The molecule has 1 N–H and O–H groups in total. The molecule has 0 saturated heterocycles. The van der Waals surface area contributed by atoms with Gasteiger partial charge in [-0.1, -0.05) is 19.1 Å². The Morgan fingerprint density at radius 3 is 2.62 bits per heavy atom. The van der Waals surface area contributed by atoms with Crippen molar-refractivity contribution in [3.05, 3.63) is 45.3 Å². The van der Waals surface area contributed by atoms with Crippen molar-refractivity contribution < 1.29 is 9.21 Å². The van der Waals surface area contributed by atoms with Gasteiger partial charge in [0.05, 0.1) is 6.54 Å². The van der Waals surface area contributed by atoms with Crippen molar-refractivity contribution in [2.24, 2.45) is 0 Å². The first-order valence-electron chi connectivity index (χ1n) is 8.36. The largest absolute Gasteiger partial charge is 0.422 e. The van der Waals surface area contributed by atoms with E-state index in [-0.39, 0.29) is 17.6 Å². The van der Waals surface area contributed by atoms with Crippen LogP contribution in [-0.2, 0) is 11.3 Å². The van der Waals surface area contributed by atoms with Crippen LogP contribution in [0.2, 0.25) is 0 Å². The number of hydrogen-bond donors (Lipinski definition) is 1. The molecule has 2 aromatic rings. The second-order valence-electron chi connectivity index (χ2n) is 6.50. The SMILES string of the molecule is CCN(CC(=O)NC(C)C)Cc1cc(=O)oc2c(C)c(C)ccc12. The van der Waals surface area contributed by atoms with Crippen LogP contribution in [0.15, 0.2) is 27.4 Å². The van der Waals surface area contributed by atoms with Gasteiger partial charge in [-0.15, -0.1) is 0 Å². The van der Waals surface area contributed by atoms with E-state index in [9.17, 15) is 9.59 Å². The topological polar surface area (TPSA) is 62.6 Å². The lowest BCUT2D eigenvalue weighted by Crippen LogP contribution is -2.39. The lowest BCUT2D eigenvalue weighted by Gasteiger charge is -2.21. The van der Waals surface area contributed by atoms with Crippen molar-refractivity contribution in [3.8, 4) is 0 Å². The zero-order valence-corrected chi connectivity index (χ0v) is 15.1. The lowest BCUT2D eigenvalue weighted by atomic mass is 10.0. The van der Waals surface area contributed by atoms with Gasteiger partial charge in [-0.05, 0) is 50.9 Å². The first kappa shape index (κ1) is 18.2. The van der Waals surface area contributed by atoms with Gasteiger partial charge >= 0.3 is 5.63 Å². The molecule has 1 heterocycles. The van der Waals surface area contributed by atoms with Crippen LogP contribution in [0.3, 0.4) is 0 Å². The Morgan fingerprint density at radius 1 is 1.29 bits per heavy atom. The fourth-order valence-corrected chi connectivity index (χ4v) is 2.75. The molecular formula is C19H26N2O3. The van der Waals surface area contributed by atoms with E-state index in [0.717, 1.165) is 28.6 Å². The Kier molecular flexibility index (Phi) is 5.78. The van der Waals surface area contributed by atoms with Crippen LogP contribution in [0.1, 0.15) is 37.5 Å². The van der Waals surface area contributed by atoms with Crippen molar-refractivity contribution in [2.45, 2.75) is 47.2 Å². The van der Waals surface area contributed by atoms with Gasteiger partial charge in [0, 0.05) is 24.0 Å². The molecule has 5 heteroatoms. The Labute approximate surface area is 142 Å². The summed E-state index contributed by atoms with van der Waals surface area (Å²) >= 11 is 0. The highest BCUT2D eigenvalue weighted by Gasteiger charge is 2.14. The van der Waals surface area contributed by atoms with Gasteiger partial charge < -0.3 is 9.73 Å². The highest BCUT2D eigenvalue weighted by atomic mass is 16.4. The Balaban J connectivity index is 2.32. The minimum absolute atomic E-state index is 0.00820. The predicted octanol–water partition coefficient (Wildman–Crippen LogP) is 2.76. The quantitative estimate of drug-likeness (QED) is 0.827. The number of nitrogens with zero attached hydrogens (tertiary/aromatic N) is 1. The summed E-state index contributed by atoms with van der Waals surface area (Å²) in [7, 11) is 0. The summed E-state index contributed by atoms with van der Waals surface area (Å²) in [5, 5.41) is 3.83. The van der Waals surface area contributed by atoms with E-state index in [2.05, 4.69) is 5.32 Å². The summed E-state index contributed by atoms with van der Waals surface area (Å²) in [6.07, 6.45) is 0. The van der Waals surface area contributed by atoms with Gasteiger partial charge in [0.25, 0.3) is 0 Å². The summed E-state index contributed by atoms with van der Waals surface area (Å²) in [6.45, 7) is 11.4. The number of rotatable bonds is 6. The number of carbonyl (C=O) groups excluding carboxylic acids is 1. The molecule has 0 atom stereocenters. The summed E-state index contributed by atoms with van der Waals surface area (Å²) < 4.78 is 5.41. The number of fused-ring (bicyclic) bond motifs is 1. The molecule has 1 amide bonds. The van der Waals surface area contributed by atoms with Crippen LogP contribution in [-0.4, -0.2) is 29.9 Å². The zero-order chi connectivity index (χ0) is 17.9. The van der Waals surface area contributed by atoms with E-state index in [1.807, 2.05) is 51.7 Å². The molecule has 0 fully saturated rings. The van der Waals surface area contributed by atoms with Crippen LogP contribution in [0.4, 0.5) is 0 Å². The normalized spacial score (nSPS) is 11.5. The van der Waals surface area contributed by atoms with Crippen molar-refractivity contribution in [1.82, 2.24) is 10.2 Å². The van der Waals surface area contributed by atoms with Gasteiger partial charge in [-0.25, -0.2) is 4.79 Å². The molecule has 0 radical (unpaired) electrons. The van der Waals surface area contributed by atoms with Crippen molar-refractivity contribution in [1.29, 1.82) is 0 Å². The predicted molar refractivity (Wildman–Crippen MR) is 96.2 cm³/mol. The lowest BCUT2D eigenvalue weighted by molar-refractivity contribution is -0.122. The maximum absolute atomic E-state index is 12.0. The Morgan fingerprint density at radius 2 is 2.00 bits per heavy atom. The van der Waals surface area contributed by atoms with E-state index >= 15 is 0 Å². The molecule has 0 aliphatic carbocycles. The second-order valence-corrected chi connectivity index (χ2v) is 6.50. The standard InChI is InChI=1S/C19H26N2O3/c1-6-21(11-17(22)20-12(2)3)10-15-9-18(23)24-19-14(5)13(4)7-8-16(15)19/h7-9,12H,6,10-11H2,1-5H3,(H,20,22). The van der Waals surface area contributed by atoms with Gasteiger partial charge in [0.2, 0.25) is 5.91 Å². The molecule has 24 heavy (non-hydrogen) atoms. The number of carbonyl (C=O) groups is 1. The smallest absolute Gasteiger partial charge is 0.336 e. The number of benzene rings is 1.